The standard InChI is InChI=1S/C26H33NO6.CH2O2/c1-3-5-6-9-16-32-24-11-8-7-10-22(24)26(30,31)27(21-13-14-21)25(29)20-12-15-23(33-18-28)19(4-2)17-20;2-1-3/h7-8,10-12,15,17-18,21,30-31H,3-6,9,13-14,16H2,1-2H3;1H,(H,2,3). The second-order valence-corrected chi connectivity index (χ2v) is 8.44. The number of rotatable bonds is 13. The molecule has 0 saturated heterocycles. The molecule has 0 heterocycles. The molecule has 1 aliphatic rings. The lowest BCUT2D eigenvalue weighted by molar-refractivity contribution is -0.259. The zero-order valence-electron chi connectivity index (χ0n) is 20.8. The summed E-state index contributed by atoms with van der Waals surface area (Å²) in [6.45, 7) is 4.58. The number of carbonyl (C=O) groups is 3. The Kier molecular flexibility index (Phi) is 11.4. The van der Waals surface area contributed by atoms with Crippen molar-refractivity contribution in [2.75, 3.05) is 6.61 Å². The zero-order valence-corrected chi connectivity index (χ0v) is 20.8. The Morgan fingerprint density at radius 2 is 1.75 bits per heavy atom. The number of carboxylic acid groups (broad SMARTS) is 1. The average molecular weight is 502 g/mol. The summed E-state index contributed by atoms with van der Waals surface area (Å²) < 4.78 is 10.9. The van der Waals surface area contributed by atoms with Crippen molar-refractivity contribution in [3.8, 4) is 11.5 Å². The van der Waals surface area contributed by atoms with E-state index in [1.54, 1.807) is 36.4 Å². The van der Waals surface area contributed by atoms with E-state index < -0.39 is 11.8 Å². The van der Waals surface area contributed by atoms with Crippen LogP contribution in [0.2, 0.25) is 0 Å². The Morgan fingerprint density at radius 1 is 1.06 bits per heavy atom. The molecule has 0 aliphatic heterocycles. The van der Waals surface area contributed by atoms with Crippen LogP contribution >= 0.6 is 0 Å². The van der Waals surface area contributed by atoms with Gasteiger partial charge in [0.2, 0.25) is 0 Å². The third-order valence-electron chi connectivity index (χ3n) is 5.83. The first-order valence-corrected chi connectivity index (χ1v) is 12.2. The maximum Gasteiger partial charge on any atom is 0.298 e. The second-order valence-electron chi connectivity index (χ2n) is 8.44. The molecule has 3 N–H and O–H groups in total. The fraction of sp³-hybridized carbons (Fsp3) is 0.444. The SMILES string of the molecule is CCCCCCOc1ccccc1C(O)(O)N(C(=O)c1ccc(OC=O)c(CC)c1)C1CC1.O=CO. The largest absolute Gasteiger partial charge is 0.493 e. The molecule has 0 atom stereocenters. The van der Waals surface area contributed by atoms with Crippen LogP contribution in [-0.4, -0.2) is 51.7 Å². The number of carbonyl (C=O) groups excluding carboxylic acids is 2. The van der Waals surface area contributed by atoms with Crippen LogP contribution in [0.1, 0.15) is 73.9 Å². The molecule has 0 spiro atoms. The first kappa shape index (κ1) is 28.8. The third kappa shape index (κ3) is 7.53. The lowest BCUT2D eigenvalue weighted by atomic mass is 10.0. The van der Waals surface area contributed by atoms with E-state index in [4.69, 9.17) is 19.4 Å². The third-order valence-corrected chi connectivity index (χ3v) is 5.83. The molecule has 9 nitrogen and oxygen atoms in total. The van der Waals surface area contributed by atoms with Crippen LogP contribution in [0.5, 0.6) is 11.5 Å². The molecule has 0 radical (unpaired) electrons. The zero-order chi connectivity index (χ0) is 26.6. The fourth-order valence-electron chi connectivity index (χ4n) is 3.90. The lowest BCUT2D eigenvalue weighted by Crippen LogP contribution is -2.51. The second kappa shape index (κ2) is 14.2. The average Bonchev–Trinajstić information content (AvgIpc) is 3.70. The fourth-order valence-corrected chi connectivity index (χ4v) is 3.90. The summed E-state index contributed by atoms with van der Waals surface area (Å²) in [5.41, 5.74) is 1.11. The molecule has 0 bridgehead atoms. The Labute approximate surface area is 211 Å². The predicted octanol–water partition coefficient (Wildman–Crippen LogP) is 3.84. The Morgan fingerprint density at radius 3 is 2.36 bits per heavy atom. The maximum atomic E-state index is 13.5. The van der Waals surface area contributed by atoms with E-state index in [0.29, 0.717) is 55.0 Å². The van der Waals surface area contributed by atoms with Gasteiger partial charge < -0.3 is 24.8 Å². The minimum Gasteiger partial charge on any atom is -0.493 e. The van der Waals surface area contributed by atoms with E-state index in [2.05, 4.69) is 6.92 Å². The number of benzene rings is 2. The molecular weight excluding hydrogens is 466 g/mol. The van der Waals surface area contributed by atoms with Crippen molar-refractivity contribution in [3.05, 3.63) is 59.2 Å². The van der Waals surface area contributed by atoms with Crippen molar-refractivity contribution < 1.29 is 39.2 Å². The van der Waals surface area contributed by atoms with Crippen LogP contribution < -0.4 is 9.47 Å². The smallest absolute Gasteiger partial charge is 0.298 e. The van der Waals surface area contributed by atoms with Gasteiger partial charge in [-0.25, -0.2) is 0 Å². The minimum absolute atomic E-state index is 0.136. The molecule has 3 rings (SSSR count). The van der Waals surface area contributed by atoms with Gasteiger partial charge in [-0.05, 0) is 61.6 Å². The highest BCUT2D eigenvalue weighted by Crippen LogP contribution is 2.40. The number of hydrogen-bond acceptors (Lipinski definition) is 7. The van der Waals surface area contributed by atoms with Crippen LogP contribution in [-0.2, 0) is 21.9 Å². The number of nitrogens with zero attached hydrogens (tertiary/aromatic N) is 1. The highest BCUT2D eigenvalue weighted by Gasteiger charge is 2.48. The highest BCUT2D eigenvalue weighted by atomic mass is 16.5. The quantitative estimate of drug-likeness (QED) is 0.214. The summed E-state index contributed by atoms with van der Waals surface area (Å²) in [6.07, 6.45) is 6.06. The number of ether oxygens (including phenoxy) is 2. The van der Waals surface area contributed by atoms with E-state index in [-0.39, 0.29) is 18.1 Å². The van der Waals surface area contributed by atoms with Crippen molar-refractivity contribution in [2.24, 2.45) is 0 Å². The number of aliphatic hydroxyl groups is 2. The molecule has 196 valence electrons. The number of hydrogen-bond donors (Lipinski definition) is 3. The van der Waals surface area contributed by atoms with Crippen molar-refractivity contribution in [1.82, 2.24) is 4.90 Å². The molecule has 1 aliphatic carbocycles. The lowest BCUT2D eigenvalue weighted by Gasteiger charge is -2.36. The molecule has 0 unspecified atom stereocenters. The molecule has 36 heavy (non-hydrogen) atoms. The number of amides is 1. The van der Waals surface area contributed by atoms with Crippen LogP contribution in [0.3, 0.4) is 0 Å². The normalized spacial score (nSPS) is 12.7. The van der Waals surface area contributed by atoms with E-state index in [9.17, 15) is 19.8 Å². The van der Waals surface area contributed by atoms with Gasteiger partial charge in [-0.15, -0.1) is 0 Å². The molecule has 1 fully saturated rings. The van der Waals surface area contributed by atoms with Crippen molar-refractivity contribution in [1.29, 1.82) is 0 Å². The van der Waals surface area contributed by atoms with Crippen molar-refractivity contribution in [2.45, 2.75) is 70.7 Å². The van der Waals surface area contributed by atoms with Crippen LogP contribution in [0.15, 0.2) is 42.5 Å². The summed E-state index contributed by atoms with van der Waals surface area (Å²) >= 11 is 0. The first-order valence-electron chi connectivity index (χ1n) is 12.2. The number of aryl methyl sites for hydroxylation is 1. The van der Waals surface area contributed by atoms with Gasteiger partial charge in [0.15, 0.2) is 0 Å². The first-order chi connectivity index (χ1) is 17.3. The van der Waals surface area contributed by atoms with E-state index in [0.717, 1.165) is 30.6 Å². The van der Waals surface area contributed by atoms with E-state index >= 15 is 0 Å². The molecule has 1 saturated carbocycles. The van der Waals surface area contributed by atoms with Gasteiger partial charge in [-0.3, -0.25) is 19.3 Å². The van der Waals surface area contributed by atoms with Gasteiger partial charge >= 0.3 is 0 Å². The molecule has 9 heteroatoms. The summed E-state index contributed by atoms with van der Waals surface area (Å²) in [6, 6.07) is 11.1. The van der Waals surface area contributed by atoms with Crippen LogP contribution in [0.4, 0.5) is 0 Å². The van der Waals surface area contributed by atoms with Crippen molar-refractivity contribution >= 4 is 18.9 Å². The monoisotopic (exact) mass is 501 g/mol. The van der Waals surface area contributed by atoms with Gasteiger partial charge in [0.1, 0.15) is 11.5 Å². The molecule has 0 aromatic heterocycles. The summed E-state index contributed by atoms with van der Waals surface area (Å²) in [5, 5.41) is 29.5. The molecule has 1 amide bonds. The Bertz CT molecular complexity index is 1000. The Balaban J connectivity index is 0.00000145. The minimum atomic E-state index is -2.54. The van der Waals surface area contributed by atoms with Gasteiger partial charge in [0.05, 0.1) is 12.2 Å². The van der Waals surface area contributed by atoms with Crippen LogP contribution in [0.25, 0.3) is 0 Å². The van der Waals surface area contributed by atoms with E-state index in [1.165, 1.54) is 6.07 Å². The maximum absolute atomic E-state index is 13.5. The van der Waals surface area contributed by atoms with Gasteiger partial charge in [-0.1, -0.05) is 45.2 Å². The highest BCUT2D eigenvalue weighted by molar-refractivity contribution is 5.95. The summed E-state index contributed by atoms with van der Waals surface area (Å²) in [4.78, 5) is 33.7. The van der Waals surface area contributed by atoms with Gasteiger partial charge in [0, 0.05) is 11.6 Å². The molecule has 2 aromatic rings. The van der Waals surface area contributed by atoms with Gasteiger partial charge in [0.25, 0.3) is 24.8 Å². The molecule has 2 aromatic carbocycles. The Hall–Kier alpha value is -3.43. The number of unbranched alkanes of at least 4 members (excludes halogenated alkanes) is 3. The van der Waals surface area contributed by atoms with Gasteiger partial charge in [-0.2, -0.15) is 0 Å². The van der Waals surface area contributed by atoms with E-state index in [1.807, 2.05) is 6.92 Å². The topological polar surface area (TPSA) is 134 Å². The molecular formula is C27H35NO8. The van der Waals surface area contributed by atoms with Crippen molar-refractivity contribution in [3.63, 3.8) is 0 Å². The summed E-state index contributed by atoms with van der Waals surface area (Å²) in [7, 11) is 0. The number of para-hydroxylation sites is 1. The van der Waals surface area contributed by atoms with Crippen LogP contribution in [0, 0.1) is 0 Å². The predicted molar refractivity (Wildman–Crippen MR) is 133 cm³/mol. The summed E-state index contributed by atoms with van der Waals surface area (Å²) in [5.74, 6) is -2.32.